The van der Waals surface area contributed by atoms with Crippen LogP contribution in [-0.2, 0) is 22.1 Å². The summed E-state index contributed by atoms with van der Waals surface area (Å²) in [6.45, 7) is 2.23. The van der Waals surface area contributed by atoms with Crippen molar-refractivity contribution < 1.29 is 8.95 Å². The van der Waals surface area contributed by atoms with Gasteiger partial charge >= 0.3 is 0 Å². The van der Waals surface area contributed by atoms with Crippen molar-refractivity contribution in [2.45, 2.75) is 19.0 Å². The molecular weight excluding hydrogens is 238 g/mol. The maximum atomic E-state index is 11.1. The lowest BCUT2D eigenvalue weighted by Crippen LogP contribution is -2.25. The number of hydrogen-bond acceptors (Lipinski definition) is 4. The fraction of sp³-hybridized carbons (Fsp3) is 0.727. The molecule has 0 aliphatic carbocycles. The molecule has 2 rings (SSSR count). The van der Waals surface area contributed by atoms with Gasteiger partial charge in [-0.05, 0) is 6.42 Å². The van der Waals surface area contributed by atoms with E-state index in [0.29, 0.717) is 18.2 Å². The quantitative estimate of drug-likeness (QED) is 0.823. The van der Waals surface area contributed by atoms with E-state index in [1.54, 1.807) is 12.6 Å². The molecule has 0 saturated carbocycles. The topological polar surface area (TPSA) is 70.1 Å². The van der Waals surface area contributed by atoms with Gasteiger partial charge in [-0.3, -0.25) is 4.21 Å². The number of ether oxygens (including phenoxy) is 1. The van der Waals surface area contributed by atoms with Gasteiger partial charge in [0.15, 0.2) is 0 Å². The maximum absolute atomic E-state index is 11.1. The Balaban J connectivity index is 2.04. The Bertz CT molecular complexity index is 388. The SMILES string of the molecule is CS(=O)CCn1cncc1C(N)C1CCOC1. The number of hydrogen-bond donors (Lipinski definition) is 1. The molecule has 0 amide bonds. The van der Waals surface area contributed by atoms with E-state index in [0.717, 1.165) is 25.3 Å². The summed E-state index contributed by atoms with van der Waals surface area (Å²) < 4.78 is 18.5. The van der Waals surface area contributed by atoms with Crippen LogP contribution < -0.4 is 5.73 Å². The lowest BCUT2D eigenvalue weighted by molar-refractivity contribution is 0.180. The van der Waals surface area contributed by atoms with Crippen LogP contribution in [0.2, 0.25) is 0 Å². The predicted molar refractivity (Wildman–Crippen MR) is 67.0 cm³/mol. The molecule has 1 fully saturated rings. The molecule has 1 aliphatic heterocycles. The minimum absolute atomic E-state index is 0.0368. The number of nitrogens with two attached hydrogens (primary N) is 1. The van der Waals surface area contributed by atoms with E-state index in [2.05, 4.69) is 4.98 Å². The smallest absolute Gasteiger partial charge is 0.0948 e. The van der Waals surface area contributed by atoms with Gasteiger partial charge in [0, 0.05) is 48.1 Å². The van der Waals surface area contributed by atoms with Crippen LogP contribution >= 0.6 is 0 Å². The monoisotopic (exact) mass is 257 g/mol. The third-order valence-electron chi connectivity index (χ3n) is 3.18. The van der Waals surface area contributed by atoms with Crippen molar-refractivity contribution in [2.75, 3.05) is 25.2 Å². The number of nitrogens with zero attached hydrogens (tertiary/aromatic N) is 2. The van der Waals surface area contributed by atoms with Crippen LogP contribution in [0.5, 0.6) is 0 Å². The molecule has 3 unspecified atom stereocenters. The van der Waals surface area contributed by atoms with E-state index < -0.39 is 10.8 Å². The molecular formula is C11H19N3O2S. The molecule has 1 saturated heterocycles. The van der Waals surface area contributed by atoms with E-state index >= 15 is 0 Å². The lowest BCUT2D eigenvalue weighted by Gasteiger charge is -2.19. The normalized spacial score (nSPS) is 23.8. The Hall–Kier alpha value is -0.720. The van der Waals surface area contributed by atoms with E-state index in [-0.39, 0.29) is 6.04 Å². The summed E-state index contributed by atoms with van der Waals surface area (Å²) in [6.07, 6.45) is 6.28. The minimum atomic E-state index is -0.788. The molecule has 6 heteroatoms. The zero-order valence-corrected chi connectivity index (χ0v) is 10.9. The van der Waals surface area contributed by atoms with Crippen LogP contribution in [0.3, 0.4) is 0 Å². The van der Waals surface area contributed by atoms with Crippen molar-refractivity contribution in [3.8, 4) is 0 Å². The molecule has 1 aromatic heterocycles. The van der Waals surface area contributed by atoms with Crippen LogP contribution in [-0.4, -0.2) is 39.0 Å². The van der Waals surface area contributed by atoms with Gasteiger partial charge < -0.3 is 15.0 Å². The Morgan fingerprint density at radius 3 is 3.24 bits per heavy atom. The van der Waals surface area contributed by atoms with Gasteiger partial charge in [-0.15, -0.1) is 0 Å². The Labute approximate surface area is 104 Å². The fourth-order valence-corrected chi connectivity index (χ4v) is 2.55. The zero-order valence-electron chi connectivity index (χ0n) is 10.0. The van der Waals surface area contributed by atoms with Crippen molar-refractivity contribution in [3.05, 3.63) is 18.2 Å². The molecule has 3 atom stereocenters. The van der Waals surface area contributed by atoms with E-state index in [4.69, 9.17) is 10.5 Å². The lowest BCUT2D eigenvalue weighted by atomic mass is 9.97. The van der Waals surface area contributed by atoms with Gasteiger partial charge in [0.25, 0.3) is 0 Å². The molecule has 0 spiro atoms. The molecule has 0 radical (unpaired) electrons. The number of aryl methyl sites for hydroxylation is 1. The largest absolute Gasteiger partial charge is 0.381 e. The molecule has 1 aromatic rings. The zero-order chi connectivity index (χ0) is 12.3. The van der Waals surface area contributed by atoms with Crippen molar-refractivity contribution in [2.24, 2.45) is 11.7 Å². The van der Waals surface area contributed by atoms with Crippen molar-refractivity contribution in [3.63, 3.8) is 0 Å². The summed E-state index contributed by atoms with van der Waals surface area (Å²) >= 11 is 0. The highest BCUT2D eigenvalue weighted by atomic mass is 32.2. The van der Waals surface area contributed by atoms with Gasteiger partial charge in [0.05, 0.1) is 24.7 Å². The third-order valence-corrected chi connectivity index (χ3v) is 3.94. The molecule has 2 N–H and O–H groups in total. The van der Waals surface area contributed by atoms with Gasteiger partial charge in [0.1, 0.15) is 0 Å². The van der Waals surface area contributed by atoms with Crippen LogP contribution in [0, 0.1) is 5.92 Å². The van der Waals surface area contributed by atoms with Crippen LogP contribution in [0.25, 0.3) is 0 Å². The first kappa shape index (κ1) is 12.7. The molecule has 5 nitrogen and oxygen atoms in total. The van der Waals surface area contributed by atoms with Crippen LogP contribution in [0.15, 0.2) is 12.5 Å². The Morgan fingerprint density at radius 1 is 1.76 bits per heavy atom. The average Bonchev–Trinajstić information content (AvgIpc) is 2.96. The standard InChI is InChI=1S/C11H19N3O2S/c1-17(15)5-3-14-8-13-6-10(14)11(12)9-2-4-16-7-9/h6,8-9,11H,2-5,7,12H2,1H3. The van der Waals surface area contributed by atoms with E-state index in [1.165, 1.54) is 0 Å². The van der Waals surface area contributed by atoms with E-state index in [9.17, 15) is 4.21 Å². The van der Waals surface area contributed by atoms with Crippen molar-refractivity contribution >= 4 is 10.8 Å². The highest BCUT2D eigenvalue weighted by Gasteiger charge is 2.26. The van der Waals surface area contributed by atoms with Gasteiger partial charge in [-0.25, -0.2) is 4.98 Å². The third kappa shape index (κ3) is 3.14. The first-order valence-electron chi connectivity index (χ1n) is 5.82. The highest BCUT2D eigenvalue weighted by Crippen LogP contribution is 2.26. The average molecular weight is 257 g/mol. The summed E-state index contributed by atoms with van der Waals surface area (Å²) in [4.78, 5) is 4.14. The maximum Gasteiger partial charge on any atom is 0.0948 e. The highest BCUT2D eigenvalue weighted by molar-refractivity contribution is 7.84. The Morgan fingerprint density at radius 2 is 2.59 bits per heavy atom. The first-order valence-corrected chi connectivity index (χ1v) is 7.54. The molecule has 1 aliphatic rings. The summed E-state index contributed by atoms with van der Waals surface area (Å²) in [6, 6.07) is -0.0368. The van der Waals surface area contributed by atoms with Crippen molar-refractivity contribution in [1.82, 2.24) is 9.55 Å². The molecule has 0 bridgehead atoms. The number of rotatable bonds is 5. The molecule has 2 heterocycles. The van der Waals surface area contributed by atoms with Gasteiger partial charge in [0.2, 0.25) is 0 Å². The first-order chi connectivity index (χ1) is 8.18. The second-order valence-corrected chi connectivity index (χ2v) is 5.99. The molecule has 17 heavy (non-hydrogen) atoms. The minimum Gasteiger partial charge on any atom is -0.381 e. The van der Waals surface area contributed by atoms with Crippen LogP contribution in [0.1, 0.15) is 18.2 Å². The summed E-state index contributed by atoms with van der Waals surface area (Å²) in [5, 5.41) is 0. The van der Waals surface area contributed by atoms with Gasteiger partial charge in [-0.1, -0.05) is 0 Å². The predicted octanol–water partition coefficient (Wildman–Crippen LogP) is 0.298. The molecule has 96 valence electrons. The summed E-state index contributed by atoms with van der Waals surface area (Å²) in [5.41, 5.74) is 7.25. The number of aromatic nitrogens is 2. The Kier molecular flexibility index (Phi) is 4.31. The summed E-state index contributed by atoms with van der Waals surface area (Å²) in [5.74, 6) is 1.01. The second kappa shape index (κ2) is 5.75. The summed E-state index contributed by atoms with van der Waals surface area (Å²) in [7, 11) is -0.788. The van der Waals surface area contributed by atoms with E-state index in [1.807, 2.05) is 10.8 Å². The number of imidazole rings is 1. The fourth-order valence-electron chi connectivity index (χ4n) is 2.10. The van der Waals surface area contributed by atoms with Crippen LogP contribution in [0.4, 0.5) is 0 Å². The van der Waals surface area contributed by atoms with Gasteiger partial charge in [-0.2, -0.15) is 0 Å². The molecule has 0 aromatic carbocycles. The van der Waals surface area contributed by atoms with Crippen molar-refractivity contribution in [1.29, 1.82) is 0 Å². The second-order valence-electron chi connectivity index (χ2n) is 4.44.